The Kier molecular flexibility index (Phi) is 6.01. The Morgan fingerprint density at radius 3 is 2.59 bits per heavy atom. The summed E-state index contributed by atoms with van der Waals surface area (Å²) in [4.78, 5) is 13.9. The van der Waals surface area contributed by atoms with E-state index in [1.807, 2.05) is 56.3 Å². The lowest BCUT2D eigenvalue weighted by atomic mass is 10.1. The summed E-state index contributed by atoms with van der Waals surface area (Å²) in [5, 5.41) is 0. The summed E-state index contributed by atoms with van der Waals surface area (Å²) in [6.45, 7) is 5.43. The van der Waals surface area contributed by atoms with E-state index in [-0.39, 0.29) is 6.09 Å². The van der Waals surface area contributed by atoms with Crippen molar-refractivity contribution in [3.8, 4) is 0 Å². The summed E-state index contributed by atoms with van der Waals surface area (Å²) in [6.07, 6.45) is -0.292. The van der Waals surface area contributed by atoms with Crippen LogP contribution in [-0.2, 0) is 17.9 Å². The highest BCUT2D eigenvalue weighted by Gasteiger charge is 2.15. The lowest BCUT2D eigenvalue weighted by Crippen LogP contribution is -2.31. The molecule has 0 spiro atoms. The fourth-order valence-electron chi connectivity index (χ4n) is 2.15. The molecule has 22 heavy (non-hydrogen) atoms. The Morgan fingerprint density at radius 2 is 1.91 bits per heavy atom. The van der Waals surface area contributed by atoms with Crippen LogP contribution in [0, 0.1) is 6.92 Å². The number of aryl methyl sites for hydroxylation is 1. The highest BCUT2D eigenvalue weighted by molar-refractivity contribution is 9.10. The third-order valence-electron chi connectivity index (χ3n) is 3.41. The Hall–Kier alpha value is -1.81. The topological polar surface area (TPSA) is 29.5 Å². The Labute approximate surface area is 140 Å². The second-order valence-electron chi connectivity index (χ2n) is 5.15. The monoisotopic (exact) mass is 361 g/mol. The molecule has 0 saturated carbocycles. The van der Waals surface area contributed by atoms with E-state index in [9.17, 15) is 4.79 Å². The Morgan fingerprint density at radius 1 is 1.18 bits per heavy atom. The van der Waals surface area contributed by atoms with Crippen molar-refractivity contribution in [1.82, 2.24) is 4.90 Å². The zero-order valence-electron chi connectivity index (χ0n) is 12.9. The number of halogens is 1. The van der Waals surface area contributed by atoms with Crippen LogP contribution in [0.3, 0.4) is 0 Å². The van der Waals surface area contributed by atoms with E-state index in [1.54, 1.807) is 4.90 Å². The van der Waals surface area contributed by atoms with Gasteiger partial charge in [0, 0.05) is 11.0 Å². The molecule has 2 aromatic carbocycles. The molecule has 4 heteroatoms. The average Bonchev–Trinajstić information content (AvgIpc) is 2.54. The number of ether oxygens (including phenoxy) is 1. The molecule has 0 N–H and O–H groups in total. The molecule has 0 aliphatic rings. The molecular formula is C18H20BrNO2. The molecule has 2 aromatic rings. The number of benzene rings is 2. The van der Waals surface area contributed by atoms with E-state index >= 15 is 0 Å². The van der Waals surface area contributed by atoms with Gasteiger partial charge in [-0.25, -0.2) is 4.79 Å². The first kappa shape index (κ1) is 16.6. The first-order valence-electron chi connectivity index (χ1n) is 7.30. The van der Waals surface area contributed by atoms with E-state index in [0.29, 0.717) is 19.7 Å². The van der Waals surface area contributed by atoms with Crippen molar-refractivity contribution >= 4 is 22.0 Å². The van der Waals surface area contributed by atoms with Crippen molar-refractivity contribution in [2.75, 3.05) is 6.54 Å². The molecular weight excluding hydrogens is 342 g/mol. The number of hydrogen-bond donors (Lipinski definition) is 0. The van der Waals surface area contributed by atoms with E-state index in [0.717, 1.165) is 15.6 Å². The van der Waals surface area contributed by atoms with E-state index in [2.05, 4.69) is 22.0 Å². The minimum atomic E-state index is -0.292. The SMILES string of the molecule is CCN(Cc1cc(C)ccc1Br)C(=O)OCc1ccccc1. The standard InChI is InChI=1S/C18H20BrNO2/c1-3-20(12-16-11-14(2)9-10-17(16)19)18(21)22-13-15-7-5-4-6-8-15/h4-11H,3,12-13H2,1-2H3. The van der Waals surface area contributed by atoms with Gasteiger partial charge < -0.3 is 9.64 Å². The minimum absolute atomic E-state index is 0.292. The average molecular weight is 362 g/mol. The summed E-state index contributed by atoms with van der Waals surface area (Å²) in [5.41, 5.74) is 3.24. The van der Waals surface area contributed by atoms with Crippen molar-refractivity contribution < 1.29 is 9.53 Å². The molecule has 0 unspecified atom stereocenters. The number of hydrogen-bond acceptors (Lipinski definition) is 2. The molecule has 0 aromatic heterocycles. The van der Waals surface area contributed by atoms with Crippen molar-refractivity contribution in [3.63, 3.8) is 0 Å². The van der Waals surface area contributed by atoms with Gasteiger partial charge in [-0.2, -0.15) is 0 Å². The van der Waals surface area contributed by atoms with Gasteiger partial charge in [0.05, 0.1) is 6.54 Å². The van der Waals surface area contributed by atoms with Crippen LogP contribution in [0.25, 0.3) is 0 Å². The van der Waals surface area contributed by atoms with Crippen LogP contribution >= 0.6 is 15.9 Å². The van der Waals surface area contributed by atoms with Crippen LogP contribution < -0.4 is 0 Å². The van der Waals surface area contributed by atoms with Crippen LogP contribution in [0.4, 0.5) is 4.79 Å². The normalized spacial score (nSPS) is 10.3. The predicted octanol–water partition coefficient (Wildman–Crippen LogP) is 4.92. The van der Waals surface area contributed by atoms with Crippen molar-refractivity contribution in [2.45, 2.75) is 27.0 Å². The maximum atomic E-state index is 12.2. The van der Waals surface area contributed by atoms with Crippen LogP contribution in [0.15, 0.2) is 53.0 Å². The Balaban J connectivity index is 1.98. The molecule has 0 radical (unpaired) electrons. The molecule has 0 bridgehead atoms. The zero-order valence-corrected chi connectivity index (χ0v) is 14.5. The minimum Gasteiger partial charge on any atom is -0.445 e. The van der Waals surface area contributed by atoms with Gasteiger partial charge in [0.2, 0.25) is 0 Å². The quantitative estimate of drug-likeness (QED) is 0.756. The molecule has 0 aliphatic carbocycles. The lowest BCUT2D eigenvalue weighted by molar-refractivity contribution is 0.0956. The third-order valence-corrected chi connectivity index (χ3v) is 4.18. The maximum Gasteiger partial charge on any atom is 0.410 e. The fourth-order valence-corrected chi connectivity index (χ4v) is 2.52. The molecule has 116 valence electrons. The van der Waals surface area contributed by atoms with Crippen LogP contribution in [-0.4, -0.2) is 17.5 Å². The van der Waals surface area contributed by atoms with Gasteiger partial charge in [-0.05, 0) is 31.0 Å². The lowest BCUT2D eigenvalue weighted by Gasteiger charge is -2.21. The maximum absolute atomic E-state index is 12.2. The second-order valence-corrected chi connectivity index (χ2v) is 6.00. The van der Waals surface area contributed by atoms with Crippen LogP contribution in [0.5, 0.6) is 0 Å². The van der Waals surface area contributed by atoms with Gasteiger partial charge in [0.25, 0.3) is 0 Å². The molecule has 0 saturated heterocycles. The van der Waals surface area contributed by atoms with Crippen molar-refractivity contribution in [2.24, 2.45) is 0 Å². The highest BCUT2D eigenvalue weighted by Crippen LogP contribution is 2.20. The zero-order chi connectivity index (χ0) is 15.9. The first-order valence-corrected chi connectivity index (χ1v) is 8.10. The van der Waals surface area contributed by atoms with E-state index in [1.165, 1.54) is 5.56 Å². The smallest absolute Gasteiger partial charge is 0.410 e. The van der Waals surface area contributed by atoms with E-state index < -0.39 is 0 Å². The number of carbonyl (C=O) groups is 1. The molecule has 0 aliphatic heterocycles. The number of nitrogens with zero attached hydrogens (tertiary/aromatic N) is 1. The highest BCUT2D eigenvalue weighted by atomic mass is 79.9. The fraction of sp³-hybridized carbons (Fsp3) is 0.278. The van der Waals surface area contributed by atoms with Crippen molar-refractivity contribution in [3.05, 3.63) is 69.7 Å². The summed E-state index contributed by atoms with van der Waals surface area (Å²) >= 11 is 3.53. The van der Waals surface area contributed by atoms with E-state index in [4.69, 9.17) is 4.74 Å². The Bertz CT molecular complexity index is 628. The molecule has 0 heterocycles. The number of carbonyl (C=O) groups excluding carboxylic acids is 1. The van der Waals surface area contributed by atoms with Crippen LogP contribution in [0.1, 0.15) is 23.6 Å². The molecule has 1 amide bonds. The number of amides is 1. The van der Waals surface area contributed by atoms with Crippen LogP contribution in [0.2, 0.25) is 0 Å². The van der Waals surface area contributed by atoms with Crippen molar-refractivity contribution in [1.29, 1.82) is 0 Å². The second kappa shape index (κ2) is 7.99. The largest absolute Gasteiger partial charge is 0.445 e. The van der Waals surface area contributed by atoms with Gasteiger partial charge in [0.15, 0.2) is 0 Å². The van der Waals surface area contributed by atoms with Gasteiger partial charge in [-0.1, -0.05) is 64.0 Å². The summed E-state index contributed by atoms with van der Waals surface area (Å²) in [5.74, 6) is 0. The summed E-state index contributed by atoms with van der Waals surface area (Å²) < 4.78 is 6.40. The predicted molar refractivity (Wildman–Crippen MR) is 91.6 cm³/mol. The van der Waals surface area contributed by atoms with Gasteiger partial charge in [-0.15, -0.1) is 0 Å². The summed E-state index contributed by atoms with van der Waals surface area (Å²) in [6, 6.07) is 15.8. The summed E-state index contributed by atoms with van der Waals surface area (Å²) in [7, 11) is 0. The molecule has 0 fully saturated rings. The molecule has 0 atom stereocenters. The number of rotatable bonds is 5. The van der Waals surface area contributed by atoms with Gasteiger partial charge >= 0.3 is 6.09 Å². The van der Waals surface area contributed by atoms with Gasteiger partial charge in [-0.3, -0.25) is 0 Å². The third kappa shape index (κ3) is 4.60. The van der Waals surface area contributed by atoms with Gasteiger partial charge in [0.1, 0.15) is 6.61 Å². The molecule has 2 rings (SSSR count). The first-order chi connectivity index (χ1) is 10.6. The molecule has 3 nitrogen and oxygen atoms in total.